The average Bonchev–Trinajstić information content (AvgIpc) is 2.73. The first-order valence-corrected chi connectivity index (χ1v) is 9.02. The molecule has 1 unspecified atom stereocenters. The van der Waals surface area contributed by atoms with Crippen molar-refractivity contribution in [2.75, 3.05) is 19.7 Å². The molecule has 8 nitrogen and oxygen atoms in total. The van der Waals surface area contributed by atoms with E-state index in [2.05, 4.69) is 12.2 Å². The molecular formula is C21H25NO7. The summed E-state index contributed by atoms with van der Waals surface area (Å²) in [5.41, 5.74) is 1.28. The minimum absolute atomic E-state index is 0.0130. The molecule has 0 radical (unpaired) electrons. The number of nitrogens with one attached hydrogen (secondary N) is 1. The molecule has 0 spiro atoms. The number of carboxylic acid groups (broad SMARTS) is 2. The number of carbonyl (C=O) groups excluding carboxylic acids is 1. The predicted molar refractivity (Wildman–Crippen MR) is 106 cm³/mol. The molecule has 2 rings (SSSR count). The van der Waals surface area contributed by atoms with Gasteiger partial charge in [0.25, 0.3) is 0 Å². The van der Waals surface area contributed by atoms with Gasteiger partial charge in [-0.15, -0.1) is 0 Å². The molecule has 0 aliphatic carbocycles. The van der Waals surface area contributed by atoms with Gasteiger partial charge < -0.3 is 25.4 Å². The van der Waals surface area contributed by atoms with Crippen LogP contribution in [0.4, 0.5) is 0 Å². The maximum absolute atomic E-state index is 12.3. The summed E-state index contributed by atoms with van der Waals surface area (Å²) in [6, 6.07) is 16.2. The fourth-order valence-electron chi connectivity index (χ4n) is 2.16. The Labute approximate surface area is 168 Å². The van der Waals surface area contributed by atoms with E-state index in [9.17, 15) is 9.90 Å². The van der Waals surface area contributed by atoms with Crippen LogP contribution in [0.2, 0.25) is 0 Å². The molecule has 1 atom stereocenters. The second kappa shape index (κ2) is 13.0. The summed E-state index contributed by atoms with van der Waals surface area (Å²) < 4.78 is 5.54. The average molecular weight is 403 g/mol. The monoisotopic (exact) mass is 403 g/mol. The van der Waals surface area contributed by atoms with Crippen molar-refractivity contribution in [3.05, 3.63) is 65.7 Å². The van der Waals surface area contributed by atoms with Crippen LogP contribution in [0.15, 0.2) is 54.6 Å². The standard InChI is InChI=1S/C19H23NO3.C2H2O4/c1-2-12-20-13-17(21)14-23-18-10-8-16(9-11-18)19(22)15-6-4-3-5-7-15;3-1(4)2(5)6/h3-11,17,20-21H,2,12-14H2,1H3;(H,3,4)(H,5,6). The molecule has 0 aromatic heterocycles. The number of ether oxygens (including phenoxy) is 1. The van der Waals surface area contributed by atoms with Crippen molar-refractivity contribution in [1.29, 1.82) is 0 Å². The molecule has 2 aromatic carbocycles. The molecule has 0 heterocycles. The summed E-state index contributed by atoms with van der Waals surface area (Å²) in [5, 5.41) is 27.7. The van der Waals surface area contributed by atoms with Crippen LogP contribution in [0.25, 0.3) is 0 Å². The highest BCUT2D eigenvalue weighted by Gasteiger charge is 2.09. The molecule has 2 aromatic rings. The van der Waals surface area contributed by atoms with Crippen molar-refractivity contribution in [2.24, 2.45) is 0 Å². The number of benzene rings is 2. The van der Waals surface area contributed by atoms with Gasteiger partial charge in [-0.05, 0) is 37.2 Å². The van der Waals surface area contributed by atoms with Crippen LogP contribution < -0.4 is 10.1 Å². The summed E-state index contributed by atoms with van der Waals surface area (Å²) in [6.45, 7) is 3.70. The molecule has 0 saturated heterocycles. The smallest absolute Gasteiger partial charge is 0.414 e. The Bertz CT molecular complexity index is 763. The van der Waals surface area contributed by atoms with Crippen LogP contribution in [-0.2, 0) is 9.59 Å². The number of ketones is 1. The first-order valence-electron chi connectivity index (χ1n) is 9.02. The lowest BCUT2D eigenvalue weighted by molar-refractivity contribution is -0.159. The van der Waals surface area contributed by atoms with Gasteiger partial charge in [0, 0.05) is 17.7 Å². The molecule has 0 fully saturated rings. The molecule has 0 aliphatic rings. The maximum atomic E-state index is 12.3. The normalized spacial score (nSPS) is 11.0. The lowest BCUT2D eigenvalue weighted by Gasteiger charge is -2.13. The lowest BCUT2D eigenvalue weighted by Crippen LogP contribution is -2.31. The number of carbonyl (C=O) groups is 3. The van der Waals surface area contributed by atoms with Crippen LogP contribution in [0.3, 0.4) is 0 Å². The van der Waals surface area contributed by atoms with Gasteiger partial charge in [-0.25, -0.2) is 9.59 Å². The number of carboxylic acids is 2. The van der Waals surface area contributed by atoms with Gasteiger partial charge in [0.05, 0.1) is 0 Å². The summed E-state index contributed by atoms with van der Waals surface area (Å²) in [5.74, 6) is -3.02. The minimum Gasteiger partial charge on any atom is -0.491 e. The van der Waals surface area contributed by atoms with Crippen LogP contribution in [0, 0.1) is 0 Å². The molecule has 156 valence electrons. The molecule has 0 amide bonds. The maximum Gasteiger partial charge on any atom is 0.414 e. The van der Waals surface area contributed by atoms with E-state index in [4.69, 9.17) is 24.5 Å². The SMILES string of the molecule is CCCNCC(O)COc1ccc(C(=O)c2ccccc2)cc1.O=C(O)C(=O)O. The van der Waals surface area contributed by atoms with Gasteiger partial charge in [-0.2, -0.15) is 0 Å². The topological polar surface area (TPSA) is 133 Å². The van der Waals surface area contributed by atoms with E-state index in [-0.39, 0.29) is 12.4 Å². The molecule has 0 bridgehead atoms. The lowest BCUT2D eigenvalue weighted by atomic mass is 10.0. The quantitative estimate of drug-likeness (QED) is 0.283. The third-order valence-electron chi connectivity index (χ3n) is 3.58. The highest BCUT2D eigenvalue weighted by molar-refractivity contribution is 6.27. The number of aliphatic carboxylic acids is 2. The van der Waals surface area contributed by atoms with E-state index in [1.807, 2.05) is 18.2 Å². The largest absolute Gasteiger partial charge is 0.491 e. The van der Waals surface area contributed by atoms with E-state index in [1.165, 1.54) is 0 Å². The molecule has 8 heteroatoms. The van der Waals surface area contributed by atoms with E-state index in [0.29, 0.717) is 23.4 Å². The second-order valence-corrected chi connectivity index (χ2v) is 6.00. The molecule has 0 saturated carbocycles. The first kappa shape index (κ1) is 23.8. The Morgan fingerprint density at radius 2 is 1.48 bits per heavy atom. The fourth-order valence-corrected chi connectivity index (χ4v) is 2.16. The molecular weight excluding hydrogens is 378 g/mol. The Kier molecular flexibility index (Phi) is 10.7. The Balaban J connectivity index is 0.000000612. The van der Waals surface area contributed by atoms with Gasteiger partial charge in [0.15, 0.2) is 5.78 Å². The zero-order chi connectivity index (χ0) is 21.6. The van der Waals surface area contributed by atoms with Gasteiger partial charge in [-0.1, -0.05) is 37.3 Å². The van der Waals surface area contributed by atoms with Crippen molar-refractivity contribution in [3.8, 4) is 5.75 Å². The molecule has 4 N–H and O–H groups in total. The van der Waals surface area contributed by atoms with E-state index >= 15 is 0 Å². The van der Waals surface area contributed by atoms with Crippen molar-refractivity contribution in [3.63, 3.8) is 0 Å². The number of aliphatic hydroxyl groups excluding tert-OH is 1. The zero-order valence-corrected chi connectivity index (χ0v) is 16.1. The fraction of sp³-hybridized carbons (Fsp3) is 0.286. The van der Waals surface area contributed by atoms with Crippen LogP contribution in [-0.4, -0.2) is 58.8 Å². The van der Waals surface area contributed by atoms with E-state index in [1.54, 1.807) is 36.4 Å². The number of hydrogen-bond acceptors (Lipinski definition) is 6. The summed E-state index contributed by atoms with van der Waals surface area (Å²) >= 11 is 0. The van der Waals surface area contributed by atoms with Gasteiger partial charge in [0.2, 0.25) is 0 Å². The summed E-state index contributed by atoms with van der Waals surface area (Å²) in [4.78, 5) is 30.5. The molecule has 0 aliphatic heterocycles. The van der Waals surface area contributed by atoms with Crippen molar-refractivity contribution < 1.29 is 34.4 Å². The highest BCUT2D eigenvalue weighted by Crippen LogP contribution is 2.15. The Morgan fingerprint density at radius 1 is 0.931 bits per heavy atom. The third-order valence-corrected chi connectivity index (χ3v) is 3.58. The Hall–Kier alpha value is -3.23. The van der Waals surface area contributed by atoms with Crippen molar-refractivity contribution >= 4 is 17.7 Å². The van der Waals surface area contributed by atoms with E-state index < -0.39 is 18.0 Å². The zero-order valence-electron chi connectivity index (χ0n) is 16.1. The Morgan fingerprint density at radius 3 is 2.00 bits per heavy atom. The minimum atomic E-state index is -1.82. The van der Waals surface area contributed by atoms with Crippen molar-refractivity contribution in [2.45, 2.75) is 19.4 Å². The van der Waals surface area contributed by atoms with Crippen molar-refractivity contribution in [1.82, 2.24) is 5.32 Å². The van der Waals surface area contributed by atoms with Crippen LogP contribution in [0.5, 0.6) is 5.75 Å². The summed E-state index contributed by atoms with van der Waals surface area (Å²) in [6.07, 6.45) is 0.483. The van der Waals surface area contributed by atoms with Crippen LogP contribution in [0.1, 0.15) is 29.3 Å². The van der Waals surface area contributed by atoms with Gasteiger partial charge in [0.1, 0.15) is 18.5 Å². The highest BCUT2D eigenvalue weighted by atomic mass is 16.5. The molecule has 29 heavy (non-hydrogen) atoms. The van der Waals surface area contributed by atoms with Gasteiger partial charge in [-0.3, -0.25) is 4.79 Å². The van der Waals surface area contributed by atoms with E-state index in [0.717, 1.165) is 13.0 Å². The number of rotatable bonds is 9. The number of hydrogen-bond donors (Lipinski definition) is 4. The summed E-state index contributed by atoms with van der Waals surface area (Å²) in [7, 11) is 0. The number of aliphatic hydroxyl groups is 1. The second-order valence-electron chi connectivity index (χ2n) is 6.00. The predicted octanol–water partition coefficient (Wildman–Crippen LogP) is 1.81. The third kappa shape index (κ3) is 9.50. The van der Waals surface area contributed by atoms with Crippen LogP contribution >= 0.6 is 0 Å². The van der Waals surface area contributed by atoms with Gasteiger partial charge >= 0.3 is 11.9 Å². The first-order chi connectivity index (χ1) is 13.8.